The highest BCUT2D eigenvalue weighted by Gasteiger charge is 2.24. The van der Waals surface area contributed by atoms with E-state index >= 15 is 0 Å². The van der Waals surface area contributed by atoms with Gasteiger partial charge in [0.2, 0.25) is 0 Å². The normalized spacial score (nSPS) is 17.8. The van der Waals surface area contributed by atoms with Gasteiger partial charge in [0.05, 0.1) is 12.1 Å². The van der Waals surface area contributed by atoms with E-state index < -0.39 is 0 Å². The lowest BCUT2D eigenvalue weighted by atomic mass is 10.1. The highest BCUT2D eigenvalue weighted by molar-refractivity contribution is 6.31. The van der Waals surface area contributed by atoms with E-state index in [0.29, 0.717) is 23.7 Å². The highest BCUT2D eigenvalue weighted by Crippen LogP contribution is 2.16. The zero-order valence-electron chi connectivity index (χ0n) is 13.5. The van der Waals surface area contributed by atoms with E-state index in [9.17, 15) is 9.59 Å². The van der Waals surface area contributed by atoms with Crippen LogP contribution in [0.3, 0.4) is 0 Å². The summed E-state index contributed by atoms with van der Waals surface area (Å²) in [5, 5.41) is 3.87. The molecular formula is C18H20ClN3O2. The Labute approximate surface area is 145 Å². The average molecular weight is 346 g/mol. The van der Waals surface area contributed by atoms with Crippen molar-refractivity contribution in [2.45, 2.75) is 19.5 Å². The Morgan fingerprint density at radius 3 is 2.83 bits per heavy atom. The number of pyridine rings is 1. The van der Waals surface area contributed by atoms with Crippen LogP contribution in [0.2, 0.25) is 5.02 Å². The monoisotopic (exact) mass is 345 g/mol. The van der Waals surface area contributed by atoms with Gasteiger partial charge in [0.15, 0.2) is 0 Å². The minimum atomic E-state index is -0.153. The number of benzene rings is 1. The van der Waals surface area contributed by atoms with Gasteiger partial charge in [0, 0.05) is 43.0 Å². The fraction of sp³-hybridized carbons (Fsp3) is 0.333. The molecule has 0 unspecified atom stereocenters. The number of piperazine rings is 1. The fourth-order valence-corrected chi connectivity index (χ4v) is 3.10. The maximum atomic E-state index is 12.7. The summed E-state index contributed by atoms with van der Waals surface area (Å²) in [5.41, 5.74) is 1.22. The molecule has 1 aliphatic heterocycles. The Morgan fingerprint density at radius 2 is 2.08 bits per heavy atom. The third-order valence-electron chi connectivity index (χ3n) is 4.29. The van der Waals surface area contributed by atoms with E-state index in [1.807, 2.05) is 30.0 Å². The average Bonchev–Trinajstić information content (AvgIpc) is 2.58. The molecule has 24 heavy (non-hydrogen) atoms. The smallest absolute Gasteiger partial charge is 0.255 e. The van der Waals surface area contributed by atoms with Crippen LogP contribution in [0.15, 0.2) is 47.4 Å². The summed E-state index contributed by atoms with van der Waals surface area (Å²) in [6, 6.07) is 10.6. The van der Waals surface area contributed by atoms with Crippen LogP contribution in [0.25, 0.3) is 0 Å². The van der Waals surface area contributed by atoms with E-state index in [1.165, 1.54) is 10.6 Å². The van der Waals surface area contributed by atoms with Gasteiger partial charge in [-0.2, -0.15) is 0 Å². The Hall–Kier alpha value is -2.11. The number of nitrogens with zero attached hydrogens (tertiary/aromatic N) is 2. The van der Waals surface area contributed by atoms with Crippen molar-refractivity contribution in [2.75, 3.05) is 19.6 Å². The molecule has 1 saturated heterocycles. The molecule has 2 heterocycles. The van der Waals surface area contributed by atoms with E-state index in [0.717, 1.165) is 18.7 Å². The van der Waals surface area contributed by atoms with E-state index in [2.05, 4.69) is 5.32 Å². The molecule has 1 atom stereocenters. The van der Waals surface area contributed by atoms with Gasteiger partial charge in [-0.05, 0) is 24.6 Å². The molecule has 0 saturated carbocycles. The van der Waals surface area contributed by atoms with Crippen LogP contribution in [-0.4, -0.2) is 41.1 Å². The van der Waals surface area contributed by atoms with Crippen molar-refractivity contribution in [1.82, 2.24) is 14.8 Å². The predicted octanol–water partition coefficient (Wildman–Crippen LogP) is 1.98. The number of halogens is 1. The molecule has 1 aromatic heterocycles. The second-order valence-corrected chi connectivity index (χ2v) is 6.43. The predicted molar refractivity (Wildman–Crippen MR) is 94.6 cm³/mol. The van der Waals surface area contributed by atoms with Crippen LogP contribution in [0.1, 0.15) is 22.8 Å². The number of aromatic nitrogens is 1. The molecule has 5 nitrogen and oxygen atoms in total. The van der Waals surface area contributed by atoms with Gasteiger partial charge in [0.1, 0.15) is 0 Å². The number of hydrogen-bond acceptors (Lipinski definition) is 3. The molecule has 1 amide bonds. The van der Waals surface area contributed by atoms with Gasteiger partial charge in [-0.1, -0.05) is 29.8 Å². The number of carbonyl (C=O) groups excluding carboxylic acids is 1. The first-order valence-corrected chi connectivity index (χ1v) is 8.39. The van der Waals surface area contributed by atoms with E-state index in [-0.39, 0.29) is 17.5 Å². The largest absolute Gasteiger partial charge is 0.333 e. The SMILES string of the molecule is C[C@@H]1CNCCN1C(=O)c1ccc(=O)n(Cc2ccccc2Cl)c1. The van der Waals surface area contributed by atoms with Gasteiger partial charge < -0.3 is 14.8 Å². The maximum Gasteiger partial charge on any atom is 0.255 e. The molecule has 0 bridgehead atoms. The molecule has 0 aliphatic carbocycles. The van der Waals surface area contributed by atoms with Crippen molar-refractivity contribution in [1.29, 1.82) is 0 Å². The van der Waals surface area contributed by atoms with Crippen molar-refractivity contribution in [3.8, 4) is 0 Å². The summed E-state index contributed by atoms with van der Waals surface area (Å²) in [5.74, 6) is -0.0445. The Morgan fingerprint density at radius 1 is 1.29 bits per heavy atom. The van der Waals surface area contributed by atoms with Crippen molar-refractivity contribution >= 4 is 17.5 Å². The summed E-state index contributed by atoms with van der Waals surface area (Å²) in [6.45, 7) is 4.60. The van der Waals surface area contributed by atoms with Crippen LogP contribution in [0.4, 0.5) is 0 Å². The third-order valence-corrected chi connectivity index (χ3v) is 4.66. The molecule has 1 aromatic carbocycles. The molecule has 2 aromatic rings. The molecule has 0 spiro atoms. The summed E-state index contributed by atoms with van der Waals surface area (Å²) in [6.07, 6.45) is 1.63. The standard InChI is InChI=1S/C18H20ClN3O2/c1-13-10-20-8-9-22(13)18(24)15-6-7-17(23)21(12-15)11-14-4-2-3-5-16(14)19/h2-7,12-13,20H,8-11H2,1H3/t13-/m1/s1. The van der Waals surface area contributed by atoms with Crippen LogP contribution < -0.4 is 10.9 Å². The second-order valence-electron chi connectivity index (χ2n) is 6.03. The number of amides is 1. The number of nitrogens with one attached hydrogen (secondary N) is 1. The number of rotatable bonds is 3. The minimum absolute atomic E-state index is 0.0445. The summed E-state index contributed by atoms with van der Waals surface area (Å²) < 4.78 is 1.53. The minimum Gasteiger partial charge on any atom is -0.333 e. The lowest BCUT2D eigenvalue weighted by Gasteiger charge is -2.34. The Bertz CT molecular complexity index is 803. The van der Waals surface area contributed by atoms with Crippen molar-refractivity contribution in [3.05, 3.63) is 69.1 Å². The third kappa shape index (κ3) is 3.52. The lowest BCUT2D eigenvalue weighted by molar-refractivity contribution is 0.0655. The van der Waals surface area contributed by atoms with Gasteiger partial charge in [-0.3, -0.25) is 9.59 Å². The topological polar surface area (TPSA) is 54.3 Å². The highest BCUT2D eigenvalue weighted by atomic mass is 35.5. The first kappa shape index (κ1) is 16.7. The number of carbonyl (C=O) groups is 1. The first-order chi connectivity index (χ1) is 11.6. The second kappa shape index (κ2) is 7.20. The molecule has 1 N–H and O–H groups in total. The zero-order chi connectivity index (χ0) is 17.1. The van der Waals surface area contributed by atoms with Crippen molar-refractivity contribution in [2.24, 2.45) is 0 Å². The van der Waals surface area contributed by atoms with Gasteiger partial charge >= 0.3 is 0 Å². The Balaban J connectivity index is 1.87. The molecule has 126 valence electrons. The van der Waals surface area contributed by atoms with Crippen LogP contribution in [0, 0.1) is 0 Å². The Kier molecular flexibility index (Phi) is 5.02. The summed E-state index contributed by atoms with van der Waals surface area (Å²) >= 11 is 6.17. The zero-order valence-corrected chi connectivity index (χ0v) is 14.3. The fourth-order valence-electron chi connectivity index (χ4n) is 2.90. The van der Waals surface area contributed by atoms with Crippen molar-refractivity contribution in [3.63, 3.8) is 0 Å². The molecule has 3 rings (SSSR count). The van der Waals surface area contributed by atoms with Crippen molar-refractivity contribution < 1.29 is 4.79 Å². The molecule has 1 aliphatic rings. The van der Waals surface area contributed by atoms with Crippen LogP contribution in [0.5, 0.6) is 0 Å². The van der Waals surface area contributed by atoms with Gasteiger partial charge in [-0.25, -0.2) is 0 Å². The molecule has 6 heteroatoms. The molecular weight excluding hydrogens is 326 g/mol. The molecule has 1 fully saturated rings. The summed E-state index contributed by atoms with van der Waals surface area (Å²) in [7, 11) is 0. The van der Waals surface area contributed by atoms with Crippen LogP contribution >= 0.6 is 11.6 Å². The lowest BCUT2D eigenvalue weighted by Crippen LogP contribution is -2.52. The molecule has 0 radical (unpaired) electrons. The number of hydrogen-bond donors (Lipinski definition) is 1. The van der Waals surface area contributed by atoms with Crippen LogP contribution in [-0.2, 0) is 6.54 Å². The van der Waals surface area contributed by atoms with E-state index in [4.69, 9.17) is 11.6 Å². The van der Waals surface area contributed by atoms with Gasteiger partial charge in [0.25, 0.3) is 11.5 Å². The first-order valence-electron chi connectivity index (χ1n) is 8.02. The van der Waals surface area contributed by atoms with E-state index in [1.54, 1.807) is 18.3 Å². The summed E-state index contributed by atoms with van der Waals surface area (Å²) in [4.78, 5) is 26.7. The quantitative estimate of drug-likeness (QED) is 0.925. The maximum absolute atomic E-state index is 12.7. The van der Waals surface area contributed by atoms with Gasteiger partial charge in [-0.15, -0.1) is 0 Å².